The van der Waals surface area contributed by atoms with Gasteiger partial charge in [-0.15, -0.1) is 0 Å². The van der Waals surface area contributed by atoms with E-state index >= 15 is 0 Å². The molecule has 0 aliphatic heterocycles. The normalized spacial score (nSPS) is 29.2. The van der Waals surface area contributed by atoms with Gasteiger partial charge in [0.2, 0.25) is 15.9 Å². The number of nitrogens with one attached hydrogen (secondary N) is 1. The molecule has 1 aromatic heterocycles. The molecule has 32 heavy (non-hydrogen) atoms. The molecular weight excluding hydrogens is 424 g/mol. The molecule has 0 unspecified atom stereocenters. The lowest BCUT2D eigenvalue weighted by atomic mass is 9.79. The number of carbonyl (C=O) groups is 1. The average molecular weight is 459 g/mol. The summed E-state index contributed by atoms with van der Waals surface area (Å²) in [7, 11) is -0.458. The first-order valence-electron chi connectivity index (χ1n) is 12.0. The van der Waals surface area contributed by atoms with Gasteiger partial charge in [0.05, 0.1) is 15.9 Å². The van der Waals surface area contributed by atoms with E-state index < -0.39 is 10.0 Å². The molecule has 1 aromatic carbocycles. The van der Waals surface area contributed by atoms with Crippen LogP contribution >= 0.6 is 0 Å². The van der Waals surface area contributed by atoms with Crippen LogP contribution in [0.5, 0.6) is 0 Å². The lowest BCUT2D eigenvalue weighted by molar-refractivity contribution is -0.122. The standard InChI is InChI=1S/C24H34N4O3S/c1-4-28-22-9-8-16(32(30,31)27(2)3)14-21(22)25-23(28)10-11-24(29)26-20-13-15-12-19(20)18-7-5-6-17(15)18/h8-9,14-15,17-20H,4-7,10-13H2,1-3H3,(H,26,29)/t15-,17+,18-,19+,20-/m1/s1. The zero-order chi connectivity index (χ0) is 22.6. The van der Waals surface area contributed by atoms with Gasteiger partial charge in [-0.05, 0) is 74.5 Å². The first-order valence-corrected chi connectivity index (χ1v) is 13.4. The summed E-state index contributed by atoms with van der Waals surface area (Å²) in [5.74, 6) is 4.24. The second-order valence-corrected chi connectivity index (χ2v) is 12.2. The van der Waals surface area contributed by atoms with Crippen LogP contribution in [0.1, 0.15) is 51.3 Å². The number of aryl methyl sites for hydroxylation is 2. The molecule has 0 radical (unpaired) electrons. The van der Waals surface area contributed by atoms with Gasteiger partial charge in [-0.25, -0.2) is 17.7 Å². The van der Waals surface area contributed by atoms with Crippen molar-refractivity contribution in [1.29, 1.82) is 0 Å². The molecule has 3 fully saturated rings. The van der Waals surface area contributed by atoms with Crippen LogP contribution in [0.25, 0.3) is 11.0 Å². The molecule has 3 saturated carbocycles. The third kappa shape index (κ3) is 3.55. The fraction of sp³-hybridized carbons (Fsp3) is 0.667. The summed E-state index contributed by atoms with van der Waals surface area (Å²) in [5.41, 5.74) is 1.56. The fourth-order valence-electron chi connectivity index (χ4n) is 6.81. The van der Waals surface area contributed by atoms with E-state index in [1.807, 2.05) is 13.0 Å². The van der Waals surface area contributed by atoms with Crippen molar-refractivity contribution in [2.24, 2.45) is 23.7 Å². The van der Waals surface area contributed by atoms with E-state index in [1.54, 1.807) is 12.1 Å². The highest BCUT2D eigenvalue weighted by molar-refractivity contribution is 7.89. The van der Waals surface area contributed by atoms with Gasteiger partial charge in [-0.3, -0.25) is 4.79 Å². The van der Waals surface area contributed by atoms with Gasteiger partial charge in [0, 0.05) is 39.5 Å². The number of carbonyl (C=O) groups excluding carboxylic acids is 1. The Kier molecular flexibility index (Phi) is 5.56. The van der Waals surface area contributed by atoms with Gasteiger partial charge in [-0.2, -0.15) is 0 Å². The molecular formula is C24H34N4O3S. The van der Waals surface area contributed by atoms with E-state index in [0.717, 1.165) is 42.1 Å². The predicted octanol–water partition coefficient (Wildman–Crippen LogP) is 3.18. The Bertz CT molecular complexity index is 1140. The Morgan fingerprint density at radius 3 is 2.72 bits per heavy atom. The molecule has 8 heteroatoms. The van der Waals surface area contributed by atoms with Crippen molar-refractivity contribution in [1.82, 2.24) is 19.2 Å². The van der Waals surface area contributed by atoms with Gasteiger partial charge >= 0.3 is 0 Å². The molecule has 174 valence electrons. The van der Waals surface area contributed by atoms with Gasteiger partial charge in [0.1, 0.15) is 5.82 Å². The quantitative estimate of drug-likeness (QED) is 0.691. The van der Waals surface area contributed by atoms with E-state index in [9.17, 15) is 13.2 Å². The number of hydrogen-bond acceptors (Lipinski definition) is 4. The van der Waals surface area contributed by atoms with Crippen molar-refractivity contribution >= 4 is 27.0 Å². The van der Waals surface area contributed by atoms with Crippen LogP contribution in [0.15, 0.2) is 23.1 Å². The van der Waals surface area contributed by atoms with Crippen LogP contribution in [-0.4, -0.2) is 48.3 Å². The van der Waals surface area contributed by atoms with Crippen molar-refractivity contribution < 1.29 is 13.2 Å². The van der Waals surface area contributed by atoms with Crippen LogP contribution < -0.4 is 5.32 Å². The highest BCUT2D eigenvalue weighted by Gasteiger charge is 2.53. The Balaban J connectivity index is 1.27. The minimum atomic E-state index is -3.51. The first-order chi connectivity index (χ1) is 15.3. The van der Waals surface area contributed by atoms with Crippen molar-refractivity contribution in [3.8, 4) is 0 Å². The third-order valence-electron chi connectivity index (χ3n) is 8.24. The van der Waals surface area contributed by atoms with E-state index in [1.165, 1.54) is 44.1 Å². The molecule has 2 aromatic rings. The van der Waals surface area contributed by atoms with Crippen molar-refractivity contribution in [3.05, 3.63) is 24.0 Å². The highest BCUT2D eigenvalue weighted by atomic mass is 32.2. The minimum Gasteiger partial charge on any atom is -0.353 e. The molecule has 0 spiro atoms. The fourth-order valence-corrected chi connectivity index (χ4v) is 7.74. The number of hydrogen-bond donors (Lipinski definition) is 1. The molecule has 7 nitrogen and oxygen atoms in total. The Hall–Kier alpha value is -1.93. The minimum absolute atomic E-state index is 0.114. The molecule has 1 N–H and O–H groups in total. The van der Waals surface area contributed by atoms with Crippen LogP contribution in [0.2, 0.25) is 0 Å². The number of sulfonamides is 1. The number of aromatic nitrogens is 2. The van der Waals surface area contributed by atoms with Crippen molar-refractivity contribution in [3.63, 3.8) is 0 Å². The summed E-state index contributed by atoms with van der Waals surface area (Å²) in [5, 5.41) is 3.35. The van der Waals surface area contributed by atoms with E-state index in [0.29, 0.717) is 30.3 Å². The largest absolute Gasteiger partial charge is 0.353 e. The second kappa shape index (κ2) is 8.13. The summed E-state index contributed by atoms with van der Waals surface area (Å²) in [4.78, 5) is 17.7. The number of benzene rings is 1. The topological polar surface area (TPSA) is 84.3 Å². The summed E-state index contributed by atoms with van der Waals surface area (Å²) in [6, 6.07) is 5.44. The summed E-state index contributed by atoms with van der Waals surface area (Å²) >= 11 is 0. The number of amides is 1. The first kappa shape index (κ1) is 21.9. The number of nitrogens with zero attached hydrogens (tertiary/aromatic N) is 3. The van der Waals surface area contributed by atoms with E-state index in [4.69, 9.17) is 4.98 Å². The number of imidazole rings is 1. The molecule has 3 aliphatic carbocycles. The maximum atomic E-state index is 12.8. The lowest BCUT2D eigenvalue weighted by Crippen LogP contribution is -2.42. The molecule has 0 saturated heterocycles. The predicted molar refractivity (Wildman–Crippen MR) is 124 cm³/mol. The monoisotopic (exact) mass is 458 g/mol. The van der Waals surface area contributed by atoms with Crippen molar-refractivity contribution in [2.75, 3.05) is 14.1 Å². The Morgan fingerprint density at radius 1 is 1.19 bits per heavy atom. The van der Waals surface area contributed by atoms with E-state index in [-0.39, 0.29) is 10.8 Å². The van der Waals surface area contributed by atoms with Crippen LogP contribution in [0.4, 0.5) is 0 Å². The number of fused-ring (bicyclic) bond motifs is 6. The zero-order valence-corrected chi connectivity index (χ0v) is 20.1. The van der Waals surface area contributed by atoms with E-state index in [2.05, 4.69) is 9.88 Å². The summed E-state index contributed by atoms with van der Waals surface area (Å²) in [6.07, 6.45) is 7.55. The molecule has 1 amide bonds. The lowest BCUT2D eigenvalue weighted by Gasteiger charge is -2.32. The maximum Gasteiger partial charge on any atom is 0.242 e. The Morgan fingerprint density at radius 2 is 1.97 bits per heavy atom. The highest BCUT2D eigenvalue weighted by Crippen LogP contribution is 2.58. The molecule has 5 rings (SSSR count). The molecule has 2 bridgehead atoms. The molecule has 1 heterocycles. The third-order valence-corrected chi connectivity index (χ3v) is 10.1. The number of rotatable bonds is 7. The van der Waals surface area contributed by atoms with Crippen LogP contribution in [0.3, 0.4) is 0 Å². The summed E-state index contributed by atoms with van der Waals surface area (Å²) < 4.78 is 28.2. The van der Waals surface area contributed by atoms with Crippen LogP contribution in [-0.2, 0) is 27.8 Å². The maximum absolute atomic E-state index is 12.8. The molecule has 3 aliphatic rings. The van der Waals surface area contributed by atoms with Gasteiger partial charge in [-0.1, -0.05) is 6.42 Å². The average Bonchev–Trinajstić information content (AvgIpc) is 3.51. The van der Waals surface area contributed by atoms with Gasteiger partial charge in [0.25, 0.3) is 0 Å². The smallest absolute Gasteiger partial charge is 0.242 e. The Labute approximate surface area is 190 Å². The SMILES string of the molecule is CCn1c(CCC(=O)N[C@@H]2C[C@H]3C[C@H]2[C@@H]2CCC[C@@H]32)nc2cc(S(=O)(=O)N(C)C)ccc21. The zero-order valence-electron chi connectivity index (χ0n) is 19.3. The van der Waals surface area contributed by atoms with Crippen LogP contribution in [0, 0.1) is 23.7 Å². The second-order valence-electron chi connectivity index (χ2n) is 10.0. The summed E-state index contributed by atoms with van der Waals surface area (Å²) in [6.45, 7) is 2.77. The van der Waals surface area contributed by atoms with Crippen molar-refractivity contribution in [2.45, 2.75) is 69.4 Å². The molecule has 5 atom stereocenters. The van der Waals surface area contributed by atoms with Gasteiger partial charge in [0.15, 0.2) is 0 Å². The van der Waals surface area contributed by atoms with Gasteiger partial charge < -0.3 is 9.88 Å².